The van der Waals surface area contributed by atoms with Crippen LogP contribution in [0.5, 0.6) is 0 Å². The number of ether oxygens (including phenoxy) is 3. The summed E-state index contributed by atoms with van der Waals surface area (Å²) in [6, 6.07) is 0. The molecule has 0 amide bonds. The topological polar surface area (TPSA) is 198 Å². The fourth-order valence-electron chi connectivity index (χ4n) is 4.14. The number of methoxy groups -OCH3 is 1. The minimum absolute atomic E-state index is 0.0829. The van der Waals surface area contributed by atoms with Crippen molar-refractivity contribution in [3.63, 3.8) is 0 Å². The van der Waals surface area contributed by atoms with E-state index >= 15 is 0 Å². The van der Waals surface area contributed by atoms with Gasteiger partial charge in [-0.3, -0.25) is 4.57 Å². The van der Waals surface area contributed by atoms with Crippen LogP contribution in [0.3, 0.4) is 0 Å². The second kappa shape index (κ2) is 7.37. The van der Waals surface area contributed by atoms with Crippen molar-refractivity contribution in [2.75, 3.05) is 26.1 Å². The molecule has 4 heterocycles. The SMILES string of the molecule is CO[C@H]1C([C@@]2(n3cnc4c(N)ncnc43)O[C@H](CO)[C@@H](O)[C@H]2O)O[C@H](CO)[C@H]1O. The van der Waals surface area contributed by atoms with Crippen molar-refractivity contribution in [3.8, 4) is 0 Å². The number of anilines is 1. The second-order valence-corrected chi connectivity index (χ2v) is 7.04. The molecule has 0 bridgehead atoms. The molecule has 0 aromatic carbocycles. The van der Waals surface area contributed by atoms with Gasteiger partial charge in [-0.2, -0.15) is 0 Å². The van der Waals surface area contributed by atoms with Crippen LogP contribution in [0.2, 0.25) is 0 Å². The molecule has 2 saturated heterocycles. The third-order valence-corrected chi connectivity index (χ3v) is 5.58. The van der Waals surface area contributed by atoms with E-state index in [4.69, 9.17) is 19.9 Å². The Morgan fingerprint density at radius 3 is 2.48 bits per heavy atom. The Morgan fingerprint density at radius 1 is 1.14 bits per heavy atom. The summed E-state index contributed by atoms with van der Waals surface area (Å²) in [7, 11) is 1.32. The first-order valence-electron chi connectivity index (χ1n) is 8.96. The van der Waals surface area contributed by atoms with E-state index in [1.165, 1.54) is 24.3 Å². The Kier molecular flexibility index (Phi) is 5.16. The summed E-state index contributed by atoms with van der Waals surface area (Å²) in [5.74, 6) is 0.0829. The first-order chi connectivity index (χ1) is 13.9. The van der Waals surface area contributed by atoms with Crippen LogP contribution in [0, 0.1) is 0 Å². The van der Waals surface area contributed by atoms with E-state index in [0.29, 0.717) is 0 Å². The molecular weight excluding hydrogens is 390 g/mol. The van der Waals surface area contributed by atoms with Gasteiger partial charge in [0.05, 0.1) is 19.5 Å². The Bertz CT molecular complexity index is 882. The zero-order valence-electron chi connectivity index (χ0n) is 15.4. The fraction of sp³-hybridized carbons (Fsp3) is 0.688. The van der Waals surface area contributed by atoms with Crippen molar-refractivity contribution in [1.29, 1.82) is 0 Å². The van der Waals surface area contributed by atoms with Crippen LogP contribution in [-0.2, 0) is 19.9 Å². The van der Waals surface area contributed by atoms with Gasteiger partial charge in [-0.25, -0.2) is 15.0 Å². The molecule has 7 N–H and O–H groups in total. The number of aliphatic hydroxyl groups is 5. The first-order valence-corrected chi connectivity index (χ1v) is 8.96. The number of aliphatic hydroxyl groups excluding tert-OH is 5. The summed E-state index contributed by atoms with van der Waals surface area (Å²) in [5.41, 5.74) is 4.33. The number of imidazole rings is 1. The van der Waals surface area contributed by atoms with E-state index in [1.807, 2.05) is 0 Å². The van der Waals surface area contributed by atoms with Gasteiger partial charge < -0.3 is 45.5 Å². The van der Waals surface area contributed by atoms with Gasteiger partial charge in [0.2, 0.25) is 5.72 Å². The quantitative estimate of drug-likeness (QED) is 0.281. The number of hydrogen-bond donors (Lipinski definition) is 6. The molecule has 29 heavy (non-hydrogen) atoms. The molecule has 13 heteroatoms. The summed E-state index contributed by atoms with van der Waals surface area (Å²) in [6.07, 6.45) is -6.38. The molecular formula is C16H23N5O8. The van der Waals surface area contributed by atoms with Gasteiger partial charge in [-0.1, -0.05) is 0 Å². The molecule has 0 radical (unpaired) electrons. The lowest BCUT2D eigenvalue weighted by molar-refractivity contribution is -0.233. The molecule has 2 aliphatic rings. The van der Waals surface area contributed by atoms with Crippen LogP contribution in [0.25, 0.3) is 11.2 Å². The van der Waals surface area contributed by atoms with Gasteiger partial charge in [-0.15, -0.1) is 0 Å². The Labute approximate surface area is 164 Å². The largest absolute Gasteiger partial charge is 0.394 e. The maximum Gasteiger partial charge on any atom is 0.205 e. The van der Waals surface area contributed by atoms with Crippen LogP contribution < -0.4 is 5.73 Å². The van der Waals surface area contributed by atoms with Gasteiger partial charge >= 0.3 is 0 Å². The average molecular weight is 413 g/mol. The van der Waals surface area contributed by atoms with E-state index in [0.717, 1.165) is 0 Å². The maximum atomic E-state index is 11.0. The van der Waals surface area contributed by atoms with Crippen LogP contribution in [0.1, 0.15) is 0 Å². The lowest BCUT2D eigenvalue weighted by atomic mass is 9.92. The van der Waals surface area contributed by atoms with E-state index in [-0.39, 0.29) is 17.0 Å². The third kappa shape index (κ3) is 2.74. The minimum atomic E-state index is -1.91. The molecule has 160 valence electrons. The highest BCUT2D eigenvalue weighted by molar-refractivity contribution is 5.81. The van der Waals surface area contributed by atoms with Crippen LogP contribution in [-0.4, -0.2) is 108 Å². The highest BCUT2D eigenvalue weighted by Gasteiger charge is 2.66. The zero-order chi connectivity index (χ0) is 20.9. The fourth-order valence-corrected chi connectivity index (χ4v) is 4.14. The number of aromatic nitrogens is 4. The molecule has 2 aromatic rings. The Morgan fingerprint density at radius 2 is 1.86 bits per heavy atom. The van der Waals surface area contributed by atoms with Gasteiger partial charge in [0, 0.05) is 7.11 Å². The average Bonchev–Trinajstić information content (AvgIpc) is 3.37. The van der Waals surface area contributed by atoms with Crippen molar-refractivity contribution in [2.45, 2.75) is 48.5 Å². The lowest BCUT2D eigenvalue weighted by Gasteiger charge is -2.40. The molecule has 13 nitrogen and oxygen atoms in total. The molecule has 2 aliphatic heterocycles. The van der Waals surface area contributed by atoms with E-state index in [9.17, 15) is 25.5 Å². The van der Waals surface area contributed by atoms with Crippen molar-refractivity contribution >= 4 is 17.0 Å². The molecule has 0 saturated carbocycles. The summed E-state index contributed by atoms with van der Waals surface area (Å²) in [4.78, 5) is 12.2. The number of nitrogens with zero attached hydrogens (tertiary/aromatic N) is 4. The molecule has 1 unspecified atom stereocenters. The smallest absolute Gasteiger partial charge is 0.205 e. The minimum Gasteiger partial charge on any atom is -0.394 e. The number of nitrogen functional groups attached to an aromatic ring is 1. The molecule has 2 aromatic heterocycles. The molecule has 2 fully saturated rings. The van der Waals surface area contributed by atoms with E-state index < -0.39 is 61.7 Å². The highest BCUT2D eigenvalue weighted by Crippen LogP contribution is 2.46. The molecule has 0 aliphatic carbocycles. The van der Waals surface area contributed by atoms with Gasteiger partial charge in [0.1, 0.15) is 54.6 Å². The van der Waals surface area contributed by atoms with Crippen LogP contribution in [0.4, 0.5) is 5.82 Å². The number of hydrogen-bond acceptors (Lipinski definition) is 12. The highest BCUT2D eigenvalue weighted by atomic mass is 16.6. The Balaban J connectivity index is 1.93. The van der Waals surface area contributed by atoms with Crippen LogP contribution >= 0.6 is 0 Å². The monoisotopic (exact) mass is 413 g/mol. The summed E-state index contributed by atoms with van der Waals surface area (Å²) in [6.45, 7) is -1.12. The van der Waals surface area contributed by atoms with Gasteiger partial charge in [0.15, 0.2) is 11.5 Å². The van der Waals surface area contributed by atoms with E-state index in [1.54, 1.807) is 0 Å². The second-order valence-electron chi connectivity index (χ2n) is 7.04. The number of rotatable bonds is 5. The normalized spacial score (nSPS) is 40.1. The summed E-state index contributed by atoms with van der Waals surface area (Å²) in [5, 5.41) is 51.2. The van der Waals surface area contributed by atoms with Crippen molar-refractivity contribution in [1.82, 2.24) is 19.5 Å². The predicted molar refractivity (Wildman–Crippen MR) is 94.2 cm³/mol. The van der Waals surface area contributed by atoms with Gasteiger partial charge in [0.25, 0.3) is 0 Å². The third-order valence-electron chi connectivity index (χ3n) is 5.58. The molecule has 8 atom stereocenters. The molecule has 0 spiro atoms. The maximum absolute atomic E-state index is 11.0. The van der Waals surface area contributed by atoms with Gasteiger partial charge in [-0.05, 0) is 0 Å². The first kappa shape index (κ1) is 20.3. The number of fused-ring (bicyclic) bond motifs is 1. The summed E-state index contributed by atoms with van der Waals surface area (Å²) >= 11 is 0. The predicted octanol–water partition coefficient (Wildman–Crippen LogP) is -3.69. The Hall–Kier alpha value is -1.97. The van der Waals surface area contributed by atoms with Crippen molar-refractivity contribution < 1.29 is 39.7 Å². The number of nitrogens with two attached hydrogens (primary N) is 1. The lowest BCUT2D eigenvalue weighted by Crippen LogP contribution is -2.58. The molecule has 4 rings (SSSR count). The van der Waals surface area contributed by atoms with Crippen LogP contribution in [0.15, 0.2) is 12.7 Å². The zero-order valence-corrected chi connectivity index (χ0v) is 15.4. The van der Waals surface area contributed by atoms with Crippen molar-refractivity contribution in [3.05, 3.63) is 12.7 Å². The van der Waals surface area contributed by atoms with Crippen molar-refractivity contribution in [2.24, 2.45) is 0 Å². The van der Waals surface area contributed by atoms with E-state index in [2.05, 4.69) is 15.0 Å². The standard InChI is InChI=1S/C16H23N5O8/c1-27-11-9(24)6(2-22)28-13(11)16(12(26)10(25)7(3-23)29-16)21-5-20-8-14(17)18-4-19-15(8)21/h4-7,9-13,22-26H,2-3H2,1H3,(H2,17,18,19)/t6-,7-,9-,10-,11-,12-,13?,16+/m1/s1. The summed E-state index contributed by atoms with van der Waals surface area (Å²) < 4.78 is 18.4.